The lowest BCUT2D eigenvalue weighted by Gasteiger charge is -2.32. The minimum absolute atomic E-state index is 0.0654. The highest BCUT2D eigenvalue weighted by molar-refractivity contribution is 7.89. The number of thiazole rings is 1. The van der Waals surface area contributed by atoms with Crippen molar-refractivity contribution in [1.29, 1.82) is 0 Å². The number of aromatic nitrogens is 1. The van der Waals surface area contributed by atoms with Crippen LogP contribution in [0.15, 0.2) is 47.4 Å². The van der Waals surface area contributed by atoms with Crippen LogP contribution in [0, 0.1) is 11.7 Å². The summed E-state index contributed by atoms with van der Waals surface area (Å²) in [5.41, 5.74) is 1.64. The van der Waals surface area contributed by atoms with Crippen LogP contribution in [0.1, 0.15) is 12.8 Å². The van der Waals surface area contributed by atoms with Gasteiger partial charge in [-0.05, 0) is 62.4 Å². The number of rotatable bonds is 5. The summed E-state index contributed by atoms with van der Waals surface area (Å²) in [5, 5.41) is 4.01. The highest BCUT2D eigenvalue weighted by Gasteiger charge is 2.32. The summed E-state index contributed by atoms with van der Waals surface area (Å²) in [4.78, 5) is 22.3. The minimum atomic E-state index is -3.70. The van der Waals surface area contributed by atoms with Crippen LogP contribution in [0.4, 0.5) is 15.2 Å². The number of benzene rings is 2. The summed E-state index contributed by atoms with van der Waals surface area (Å²) >= 11 is 1.63. The lowest BCUT2D eigenvalue weighted by atomic mass is 9.97. The first-order chi connectivity index (χ1) is 16.8. The van der Waals surface area contributed by atoms with Gasteiger partial charge < -0.3 is 15.1 Å². The topological polar surface area (TPSA) is 85.8 Å². The van der Waals surface area contributed by atoms with E-state index in [-0.39, 0.29) is 29.8 Å². The second kappa shape index (κ2) is 9.81. The smallest absolute Gasteiger partial charge is 0.243 e. The Morgan fingerprint density at radius 1 is 1.03 bits per heavy atom. The highest BCUT2D eigenvalue weighted by Crippen LogP contribution is 2.32. The van der Waals surface area contributed by atoms with Gasteiger partial charge in [-0.2, -0.15) is 4.31 Å². The van der Waals surface area contributed by atoms with Gasteiger partial charge in [0.2, 0.25) is 15.9 Å². The number of piperidine rings is 1. The molecule has 0 radical (unpaired) electrons. The van der Waals surface area contributed by atoms with Crippen molar-refractivity contribution >= 4 is 48.3 Å². The quantitative estimate of drug-likeness (QED) is 0.559. The van der Waals surface area contributed by atoms with Gasteiger partial charge in [-0.3, -0.25) is 4.79 Å². The van der Waals surface area contributed by atoms with Crippen molar-refractivity contribution in [2.45, 2.75) is 17.7 Å². The van der Waals surface area contributed by atoms with Crippen molar-refractivity contribution in [1.82, 2.24) is 14.2 Å². The average Bonchev–Trinajstić information content (AvgIpc) is 3.28. The Bertz CT molecular complexity index is 1310. The van der Waals surface area contributed by atoms with Gasteiger partial charge in [0.15, 0.2) is 5.13 Å². The van der Waals surface area contributed by atoms with E-state index in [9.17, 15) is 17.6 Å². The molecule has 35 heavy (non-hydrogen) atoms. The molecule has 11 heteroatoms. The zero-order valence-electron chi connectivity index (χ0n) is 19.5. The fraction of sp³-hybridized carbons (Fsp3) is 0.417. The molecule has 1 aromatic heterocycles. The molecule has 186 valence electrons. The van der Waals surface area contributed by atoms with Crippen LogP contribution in [-0.4, -0.2) is 74.8 Å². The third kappa shape index (κ3) is 5.18. The molecular formula is C24H28FN5O3S2. The maximum Gasteiger partial charge on any atom is 0.243 e. The van der Waals surface area contributed by atoms with E-state index in [4.69, 9.17) is 4.98 Å². The van der Waals surface area contributed by atoms with Crippen molar-refractivity contribution in [3.05, 3.63) is 48.3 Å². The lowest BCUT2D eigenvalue weighted by Crippen LogP contribution is -2.44. The molecule has 1 amide bonds. The van der Waals surface area contributed by atoms with Gasteiger partial charge in [0.1, 0.15) is 5.82 Å². The molecule has 2 aliphatic rings. The van der Waals surface area contributed by atoms with E-state index in [2.05, 4.69) is 22.2 Å². The highest BCUT2D eigenvalue weighted by atomic mass is 32.2. The first kappa shape index (κ1) is 24.1. The average molecular weight is 518 g/mol. The van der Waals surface area contributed by atoms with Gasteiger partial charge in [-0.1, -0.05) is 11.3 Å². The monoisotopic (exact) mass is 517 g/mol. The van der Waals surface area contributed by atoms with Crippen molar-refractivity contribution in [2.24, 2.45) is 5.92 Å². The summed E-state index contributed by atoms with van der Waals surface area (Å²) in [6.07, 6.45) is 0.866. The van der Waals surface area contributed by atoms with E-state index in [0.717, 1.165) is 59.3 Å². The van der Waals surface area contributed by atoms with E-state index in [1.807, 2.05) is 18.2 Å². The molecule has 0 unspecified atom stereocenters. The molecule has 2 fully saturated rings. The Labute approximate surface area is 208 Å². The third-order valence-electron chi connectivity index (χ3n) is 6.69. The van der Waals surface area contributed by atoms with Crippen LogP contribution in [0.25, 0.3) is 10.2 Å². The first-order valence-corrected chi connectivity index (χ1v) is 14.0. The fourth-order valence-electron chi connectivity index (χ4n) is 4.48. The number of carbonyl (C=O) groups excluding carboxylic acids is 1. The number of fused-ring (bicyclic) bond motifs is 1. The van der Waals surface area contributed by atoms with Crippen molar-refractivity contribution in [3.63, 3.8) is 0 Å². The third-order valence-corrected chi connectivity index (χ3v) is 9.69. The maximum atomic E-state index is 13.2. The van der Waals surface area contributed by atoms with Crippen molar-refractivity contribution in [3.8, 4) is 0 Å². The fourth-order valence-corrected chi connectivity index (χ4v) is 7.01. The summed E-state index contributed by atoms with van der Waals surface area (Å²) in [6, 6.07) is 10.6. The maximum absolute atomic E-state index is 13.2. The summed E-state index contributed by atoms with van der Waals surface area (Å²) in [5.74, 6) is -0.855. The minimum Gasteiger partial charge on any atom is -0.345 e. The molecule has 2 saturated heterocycles. The molecule has 3 heterocycles. The van der Waals surface area contributed by atoms with Crippen molar-refractivity contribution in [2.75, 3.05) is 56.5 Å². The number of sulfonamides is 1. The molecule has 0 aliphatic carbocycles. The molecule has 2 aromatic carbocycles. The van der Waals surface area contributed by atoms with E-state index in [0.29, 0.717) is 12.8 Å². The van der Waals surface area contributed by atoms with Crippen LogP contribution in [-0.2, 0) is 14.8 Å². The lowest BCUT2D eigenvalue weighted by molar-refractivity contribution is -0.120. The van der Waals surface area contributed by atoms with Crippen LogP contribution in [0.5, 0.6) is 0 Å². The van der Waals surface area contributed by atoms with E-state index < -0.39 is 15.8 Å². The molecule has 0 spiro atoms. The Balaban J connectivity index is 1.20. The molecule has 2 aliphatic heterocycles. The Kier molecular flexibility index (Phi) is 6.75. The predicted molar refractivity (Wildman–Crippen MR) is 136 cm³/mol. The number of hydrogen-bond acceptors (Lipinski definition) is 7. The zero-order valence-corrected chi connectivity index (χ0v) is 21.1. The Morgan fingerprint density at radius 3 is 2.40 bits per heavy atom. The van der Waals surface area contributed by atoms with Crippen LogP contribution < -0.4 is 10.2 Å². The molecule has 3 aromatic rings. The normalized spacial score (nSPS) is 18.7. The predicted octanol–water partition coefficient (Wildman–Crippen LogP) is 3.23. The molecule has 5 rings (SSSR count). The number of piperazine rings is 1. The summed E-state index contributed by atoms with van der Waals surface area (Å²) < 4.78 is 41.2. The van der Waals surface area contributed by atoms with E-state index in [1.54, 1.807) is 11.3 Å². The van der Waals surface area contributed by atoms with Crippen molar-refractivity contribution < 1.29 is 17.6 Å². The van der Waals surface area contributed by atoms with Crippen LogP contribution in [0.2, 0.25) is 0 Å². The molecule has 1 N–H and O–H groups in total. The van der Waals surface area contributed by atoms with Gasteiger partial charge in [-0.25, -0.2) is 17.8 Å². The first-order valence-electron chi connectivity index (χ1n) is 11.7. The number of likely N-dealkylation sites (N-methyl/N-ethyl adjacent to an activating group) is 1. The standard InChI is InChI=1S/C24H28FN5O3S2/c1-28-12-14-29(15-13-28)24-27-21-7-4-19(16-22(21)34-24)26-23(31)17-8-10-30(11-9-17)35(32,33)20-5-2-18(25)3-6-20/h2-7,16-17H,8-15H2,1H3,(H,26,31). The Hall–Kier alpha value is -2.60. The molecule has 0 saturated carbocycles. The number of nitrogens with zero attached hydrogens (tertiary/aromatic N) is 4. The van der Waals surface area contributed by atoms with E-state index >= 15 is 0 Å². The van der Waals surface area contributed by atoms with Gasteiger partial charge in [0, 0.05) is 50.9 Å². The van der Waals surface area contributed by atoms with Crippen LogP contribution >= 0.6 is 11.3 Å². The molecule has 8 nitrogen and oxygen atoms in total. The van der Waals surface area contributed by atoms with E-state index in [1.165, 1.54) is 16.4 Å². The number of nitrogens with one attached hydrogen (secondary N) is 1. The number of anilines is 2. The number of hydrogen-bond donors (Lipinski definition) is 1. The Morgan fingerprint density at radius 2 is 1.71 bits per heavy atom. The number of amides is 1. The number of carbonyl (C=O) groups is 1. The molecular weight excluding hydrogens is 489 g/mol. The number of halogens is 1. The van der Waals surface area contributed by atoms with Gasteiger partial charge in [-0.15, -0.1) is 0 Å². The molecule has 0 bridgehead atoms. The second-order valence-corrected chi connectivity index (χ2v) is 12.0. The summed E-state index contributed by atoms with van der Waals surface area (Å²) in [7, 11) is -1.57. The summed E-state index contributed by atoms with van der Waals surface area (Å²) in [6.45, 7) is 4.44. The molecule has 0 atom stereocenters. The van der Waals surface area contributed by atoms with Gasteiger partial charge >= 0.3 is 0 Å². The van der Waals surface area contributed by atoms with Crippen LogP contribution in [0.3, 0.4) is 0 Å². The largest absolute Gasteiger partial charge is 0.345 e. The van der Waals surface area contributed by atoms with Gasteiger partial charge in [0.05, 0.1) is 15.1 Å². The SMILES string of the molecule is CN1CCN(c2nc3ccc(NC(=O)C4CCN(S(=O)(=O)c5ccc(F)cc5)CC4)cc3s2)CC1. The zero-order chi connectivity index (χ0) is 24.6. The van der Waals surface area contributed by atoms with Gasteiger partial charge in [0.25, 0.3) is 0 Å². The second-order valence-electron chi connectivity index (χ2n) is 9.09.